The van der Waals surface area contributed by atoms with Crippen molar-refractivity contribution in [2.24, 2.45) is 0 Å². The molecule has 0 saturated carbocycles. The highest BCUT2D eigenvalue weighted by Gasteiger charge is 2.09. The Bertz CT molecular complexity index is 790. The molecule has 2 rings (SSSR count). The van der Waals surface area contributed by atoms with Gasteiger partial charge in [0.2, 0.25) is 5.91 Å². The summed E-state index contributed by atoms with van der Waals surface area (Å²) in [4.78, 5) is 24.0. The molecule has 0 bridgehead atoms. The molecule has 7 nitrogen and oxygen atoms in total. The van der Waals surface area contributed by atoms with Gasteiger partial charge in [0.1, 0.15) is 5.75 Å². The van der Waals surface area contributed by atoms with Gasteiger partial charge < -0.3 is 24.8 Å². The Kier molecular flexibility index (Phi) is 8.14. The molecule has 2 aromatic carbocycles. The molecule has 2 amide bonds. The fourth-order valence-electron chi connectivity index (χ4n) is 2.58. The quantitative estimate of drug-likeness (QED) is 0.654. The summed E-state index contributed by atoms with van der Waals surface area (Å²) in [6, 6.07) is 12.4. The highest BCUT2D eigenvalue weighted by molar-refractivity contribution is 5.96. The first-order valence-electron chi connectivity index (χ1n) is 9.06. The molecule has 0 unspecified atom stereocenters. The molecule has 0 radical (unpaired) electrons. The molecule has 0 aliphatic heterocycles. The normalized spacial score (nSPS) is 10.1. The van der Waals surface area contributed by atoms with Crippen LogP contribution in [0.25, 0.3) is 0 Å². The number of carbonyl (C=O) groups excluding carboxylic acids is 2. The van der Waals surface area contributed by atoms with Gasteiger partial charge in [-0.3, -0.25) is 9.59 Å². The van der Waals surface area contributed by atoms with Gasteiger partial charge in [-0.05, 0) is 55.3 Å². The van der Waals surface area contributed by atoms with Crippen LogP contribution < -0.4 is 24.8 Å². The topological polar surface area (TPSA) is 85.9 Å². The van der Waals surface area contributed by atoms with Crippen molar-refractivity contribution in [3.05, 3.63) is 53.6 Å². The van der Waals surface area contributed by atoms with Crippen molar-refractivity contribution in [3.63, 3.8) is 0 Å². The Hall–Kier alpha value is -3.22. The maximum atomic E-state index is 12.1. The first kappa shape index (κ1) is 21.1. The molecule has 0 aliphatic rings. The Morgan fingerprint density at radius 2 is 1.64 bits per heavy atom. The molecule has 150 valence electrons. The van der Waals surface area contributed by atoms with Crippen LogP contribution in [0, 0.1) is 0 Å². The lowest BCUT2D eigenvalue weighted by atomic mass is 10.1. The Morgan fingerprint density at radius 1 is 0.929 bits per heavy atom. The van der Waals surface area contributed by atoms with Crippen LogP contribution in [0.1, 0.15) is 22.8 Å². The van der Waals surface area contributed by atoms with Gasteiger partial charge in [-0.2, -0.15) is 0 Å². The van der Waals surface area contributed by atoms with Crippen molar-refractivity contribution in [2.45, 2.75) is 13.3 Å². The summed E-state index contributed by atoms with van der Waals surface area (Å²) in [6.45, 7) is 2.82. The van der Waals surface area contributed by atoms with Gasteiger partial charge in [0.25, 0.3) is 5.91 Å². The minimum absolute atomic E-state index is 0.0853. The smallest absolute Gasteiger partial charge is 0.251 e. The van der Waals surface area contributed by atoms with Crippen LogP contribution in [0.5, 0.6) is 17.2 Å². The van der Waals surface area contributed by atoms with E-state index in [0.29, 0.717) is 42.4 Å². The third-order valence-electron chi connectivity index (χ3n) is 4.02. The summed E-state index contributed by atoms with van der Waals surface area (Å²) in [5, 5.41) is 5.39. The summed E-state index contributed by atoms with van der Waals surface area (Å²) in [6.07, 6.45) is 0.638. The second-order valence-electron chi connectivity index (χ2n) is 5.93. The molecule has 0 spiro atoms. The summed E-state index contributed by atoms with van der Waals surface area (Å²) < 4.78 is 15.8. The van der Waals surface area contributed by atoms with Gasteiger partial charge in [0.05, 0.1) is 27.4 Å². The van der Waals surface area contributed by atoms with Crippen molar-refractivity contribution in [2.75, 3.05) is 33.9 Å². The molecule has 0 atom stereocenters. The molecule has 0 aliphatic carbocycles. The largest absolute Gasteiger partial charge is 0.494 e. The maximum Gasteiger partial charge on any atom is 0.251 e. The molecule has 2 aromatic rings. The van der Waals surface area contributed by atoms with E-state index >= 15 is 0 Å². The number of hydrogen-bond donors (Lipinski definition) is 2. The van der Waals surface area contributed by atoms with Crippen molar-refractivity contribution in [3.8, 4) is 17.2 Å². The van der Waals surface area contributed by atoms with Crippen LogP contribution >= 0.6 is 0 Å². The fourth-order valence-corrected chi connectivity index (χ4v) is 2.58. The van der Waals surface area contributed by atoms with E-state index in [9.17, 15) is 9.59 Å². The number of hydrogen-bond acceptors (Lipinski definition) is 5. The number of carbonyl (C=O) groups is 2. The molecule has 28 heavy (non-hydrogen) atoms. The van der Waals surface area contributed by atoms with Crippen LogP contribution in [0.4, 0.5) is 0 Å². The SMILES string of the molecule is CCOc1ccc(C(=O)NCC(=O)NCCc2ccc(OC)c(OC)c2)cc1. The van der Waals surface area contributed by atoms with E-state index in [2.05, 4.69) is 10.6 Å². The van der Waals surface area contributed by atoms with E-state index < -0.39 is 0 Å². The third-order valence-corrected chi connectivity index (χ3v) is 4.02. The Labute approximate surface area is 165 Å². The van der Waals surface area contributed by atoms with Gasteiger partial charge in [-0.15, -0.1) is 0 Å². The summed E-state index contributed by atoms with van der Waals surface area (Å²) in [7, 11) is 3.16. The summed E-state index contributed by atoms with van der Waals surface area (Å²) in [5.41, 5.74) is 1.48. The van der Waals surface area contributed by atoms with Gasteiger partial charge >= 0.3 is 0 Å². The van der Waals surface area contributed by atoms with Gasteiger partial charge in [-0.25, -0.2) is 0 Å². The summed E-state index contributed by atoms with van der Waals surface area (Å²) in [5.74, 6) is 1.45. The van der Waals surface area contributed by atoms with Crippen molar-refractivity contribution in [1.82, 2.24) is 10.6 Å². The van der Waals surface area contributed by atoms with Crippen LogP contribution in [0.2, 0.25) is 0 Å². The average Bonchev–Trinajstić information content (AvgIpc) is 2.72. The fraction of sp³-hybridized carbons (Fsp3) is 0.333. The minimum Gasteiger partial charge on any atom is -0.494 e. The minimum atomic E-state index is -0.307. The second-order valence-corrected chi connectivity index (χ2v) is 5.93. The standard InChI is InChI=1S/C21H26N2O5/c1-4-28-17-8-6-16(7-9-17)21(25)23-14-20(24)22-12-11-15-5-10-18(26-2)19(13-15)27-3/h5-10,13H,4,11-12,14H2,1-3H3,(H,22,24)(H,23,25). The molecule has 0 fully saturated rings. The van der Waals surface area contributed by atoms with E-state index in [4.69, 9.17) is 14.2 Å². The van der Waals surface area contributed by atoms with E-state index in [1.54, 1.807) is 38.5 Å². The van der Waals surface area contributed by atoms with Crippen LogP contribution in [0.15, 0.2) is 42.5 Å². The highest BCUT2D eigenvalue weighted by atomic mass is 16.5. The van der Waals surface area contributed by atoms with E-state index in [1.807, 2.05) is 25.1 Å². The van der Waals surface area contributed by atoms with Crippen LogP contribution in [-0.2, 0) is 11.2 Å². The molecule has 0 heterocycles. The monoisotopic (exact) mass is 386 g/mol. The molecule has 0 aromatic heterocycles. The van der Waals surface area contributed by atoms with Gasteiger partial charge in [0.15, 0.2) is 11.5 Å². The zero-order chi connectivity index (χ0) is 20.4. The lowest BCUT2D eigenvalue weighted by Crippen LogP contribution is -2.37. The number of benzene rings is 2. The zero-order valence-electron chi connectivity index (χ0n) is 16.4. The summed E-state index contributed by atoms with van der Waals surface area (Å²) >= 11 is 0. The lowest BCUT2D eigenvalue weighted by molar-refractivity contribution is -0.120. The third kappa shape index (κ3) is 6.19. The van der Waals surface area contributed by atoms with Gasteiger partial charge in [-0.1, -0.05) is 6.07 Å². The molecule has 2 N–H and O–H groups in total. The number of amides is 2. The van der Waals surface area contributed by atoms with Crippen molar-refractivity contribution >= 4 is 11.8 Å². The van der Waals surface area contributed by atoms with E-state index in [0.717, 1.165) is 5.56 Å². The number of methoxy groups -OCH3 is 2. The van der Waals surface area contributed by atoms with Crippen LogP contribution in [0.3, 0.4) is 0 Å². The van der Waals surface area contributed by atoms with Crippen molar-refractivity contribution < 1.29 is 23.8 Å². The van der Waals surface area contributed by atoms with Crippen molar-refractivity contribution in [1.29, 1.82) is 0 Å². The highest BCUT2D eigenvalue weighted by Crippen LogP contribution is 2.27. The zero-order valence-corrected chi connectivity index (χ0v) is 16.4. The maximum absolute atomic E-state index is 12.1. The second kappa shape index (κ2) is 10.8. The molecular weight excluding hydrogens is 360 g/mol. The average molecular weight is 386 g/mol. The first-order valence-corrected chi connectivity index (χ1v) is 9.06. The number of nitrogens with one attached hydrogen (secondary N) is 2. The van der Waals surface area contributed by atoms with E-state index in [-0.39, 0.29) is 18.4 Å². The van der Waals surface area contributed by atoms with Crippen LogP contribution in [-0.4, -0.2) is 45.7 Å². The lowest BCUT2D eigenvalue weighted by Gasteiger charge is -2.10. The van der Waals surface area contributed by atoms with Gasteiger partial charge in [0, 0.05) is 12.1 Å². The molecule has 0 saturated heterocycles. The molecule has 7 heteroatoms. The predicted molar refractivity (Wildman–Crippen MR) is 106 cm³/mol. The Morgan fingerprint density at radius 3 is 2.29 bits per heavy atom. The predicted octanol–water partition coefficient (Wildman–Crippen LogP) is 2.19. The van der Waals surface area contributed by atoms with E-state index in [1.165, 1.54) is 0 Å². The molecular formula is C21H26N2O5. The first-order chi connectivity index (χ1) is 13.6. The Balaban J connectivity index is 1.74. The number of rotatable bonds is 10. The number of ether oxygens (including phenoxy) is 3.